The van der Waals surface area contributed by atoms with Crippen molar-refractivity contribution >= 4 is 5.97 Å². The van der Waals surface area contributed by atoms with Crippen LogP contribution in [-0.4, -0.2) is 32.3 Å². The molecule has 2 atom stereocenters. The Kier molecular flexibility index (Phi) is 7.23. The van der Waals surface area contributed by atoms with Crippen LogP contribution in [0.15, 0.2) is 24.3 Å². The van der Waals surface area contributed by atoms with Gasteiger partial charge in [-0.15, -0.1) is 0 Å². The highest BCUT2D eigenvalue weighted by Crippen LogP contribution is 2.14. The SMILES string of the molecule is COC(=O)C(CC(C)C)NC(C)Cc1ccc(OC)cc1. The van der Waals surface area contributed by atoms with E-state index in [0.717, 1.165) is 18.6 Å². The molecule has 4 nitrogen and oxygen atoms in total. The van der Waals surface area contributed by atoms with Gasteiger partial charge in [0.2, 0.25) is 0 Å². The maximum Gasteiger partial charge on any atom is 0.322 e. The molecule has 0 aliphatic heterocycles. The lowest BCUT2D eigenvalue weighted by Gasteiger charge is -2.23. The second-order valence-electron chi connectivity index (χ2n) is 5.83. The zero-order chi connectivity index (χ0) is 15.8. The molecule has 0 saturated heterocycles. The molecular weight excluding hydrogens is 266 g/mol. The normalized spacial score (nSPS) is 13.8. The average Bonchev–Trinajstić information content (AvgIpc) is 2.46. The Hall–Kier alpha value is -1.55. The number of carbonyl (C=O) groups excluding carboxylic acids is 1. The zero-order valence-corrected chi connectivity index (χ0v) is 13.7. The minimum absolute atomic E-state index is 0.190. The van der Waals surface area contributed by atoms with E-state index in [1.54, 1.807) is 7.11 Å². The van der Waals surface area contributed by atoms with Crippen molar-refractivity contribution in [2.24, 2.45) is 5.92 Å². The molecular formula is C17H27NO3. The highest BCUT2D eigenvalue weighted by molar-refractivity contribution is 5.75. The average molecular weight is 293 g/mol. The predicted molar refractivity (Wildman–Crippen MR) is 84.6 cm³/mol. The van der Waals surface area contributed by atoms with Crippen molar-refractivity contribution in [2.45, 2.75) is 45.7 Å². The molecule has 1 aromatic rings. The first kappa shape index (κ1) is 17.5. The van der Waals surface area contributed by atoms with Gasteiger partial charge in [0.05, 0.1) is 14.2 Å². The summed E-state index contributed by atoms with van der Waals surface area (Å²) < 4.78 is 10.0. The first-order valence-electron chi connectivity index (χ1n) is 7.43. The van der Waals surface area contributed by atoms with E-state index in [1.165, 1.54) is 12.7 Å². The van der Waals surface area contributed by atoms with Crippen LogP contribution >= 0.6 is 0 Å². The number of hydrogen-bond donors (Lipinski definition) is 1. The van der Waals surface area contributed by atoms with Crippen LogP contribution in [-0.2, 0) is 16.0 Å². The van der Waals surface area contributed by atoms with Crippen molar-refractivity contribution < 1.29 is 14.3 Å². The van der Waals surface area contributed by atoms with Crippen LogP contribution in [0.5, 0.6) is 5.75 Å². The van der Waals surface area contributed by atoms with E-state index in [2.05, 4.69) is 26.1 Å². The number of ether oxygens (including phenoxy) is 2. The number of benzene rings is 1. The molecule has 118 valence electrons. The minimum atomic E-state index is -0.247. The Balaban J connectivity index is 2.59. The van der Waals surface area contributed by atoms with E-state index in [0.29, 0.717) is 5.92 Å². The van der Waals surface area contributed by atoms with Crippen LogP contribution in [0, 0.1) is 5.92 Å². The van der Waals surface area contributed by atoms with Gasteiger partial charge in [-0.3, -0.25) is 4.79 Å². The number of carbonyl (C=O) groups is 1. The van der Waals surface area contributed by atoms with Crippen molar-refractivity contribution in [3.05, 3.63) is 29.8 Å². The maximum atomic E-state index is 11.8. The summed E-state index contributed by atoms with van der Waals surface area (Å²) in [6.07, 6.45) is 1.63. The van der Waals surface area contributed by atoms with Gasteiger partial charge in [-0.1, -0.05) is 26.0 Å². The van der Waals surface area contributed by atoms with E-state index < -0.39 is 0 Å². The van der Waals surface area contributed by atoms with Gasteiger partial charge < -0.3 is 14.8 Å². The Morgan fingerprint density at radius 2 is 1.76 bits per heavy atom. The number of rotatable bonds is 8. The molecule has 0 radical (unpaired) electrons. The van der Waals surface area contributed by atoms with Gasteiger partial charge in [-0.25, -0.2) is 0 Å². The molecule has 0 aromatic heterocycles. The molecule has 0 spiro atoms. The number of hydrogen-bond acceptors (Lipinski definition) is 4. The van der Waals surface area contributed by atoms with Crippen molar-refractivity contribution in [2.75, 3.05) is 14.2 Å². The summed E-state index contributed by atoms with van der Waals surface area (Å²) in [6.45, 7) is 6.29. The van der Waals surface area contributed by atoms with E-state index in [1.807, 2.05) is 24.3 Å². The molecule has 0 fully saturated rings. The lowest BCUT2D eigenvalue weighted by molar-refractivity contribution is -0.143. The molecule has 2 unspecified atom stereocenters. The Labute approximate surface area is 127 Å². The maximum absolute atomic E-state index is 11.8. The second-order valence-corrected chi connectivity index (χ2v) is 5.83. The smallest absolute Gasteiger partial charge is 0.322 e. The molecule has 0 heterocycles. The van der Waals surface area contributed by atoms with Gasteiger partial charge in [0, 0.05) is 6.04 Å². The fourth-order valence-electron chi connectivity index (χ4n) is 2.36. The highest BCUT2D eigenvalue weighted by Gasteiger charge is 2.22. The lowest BCUT2D eigenvalue weighted by Crippen LogP contribution is -2.44. The summed E-state index contributed by atoms with van der Waals surface area (Å²) in [5.74, 6) is 1.10. The van der Waals surface area contributed by atoms with Crippen LogP contribution in [0.1, 0.15) is 32.8 Å². The zero-order valence-electron chi connectivity index (χ0n) is 13.7. The molecule has 1 aromatic carbocycles. The van der Waals surface area contributed by atoms with Crippen molar-refractivity contribution in [1.29, 1.82) is 0 Å². The van der Waals surface area contributed by atoms with Gasteiger partial charge >= 0.3 is 5.97 Å². The first-order valence-corrected chi connectivity index (χ1v) is 7.43. The standard InChI is InChI=1S/C17H27NO3/c1-12(2)10-16(17(19)21-5)18-13(3)11-14-6-8-15(20-4)9-7-14/h6-9,12-13,16,18H,10-11H2,1-5H3. The van der Waals surface area contributed by atoms with Crippen LogP contribution < -0.4 is 10.1 Å². The summed E-state index contributed by atoms with van der Waals surface area (Å²) >= 11 is 0. The second kappa shape index (κ2) is 8.67. The molecule has 0 bridgehead atoms. The Morgan fingerprint density at radius 3 is 2.24 bits per heavy atom. The number of esters is 1. The summed E-state index contributed by atoms with van der Waals surface area (Å²) in [5, 5.41) is 3.37. The third-order valence-electron chi connectivity index (χ3n) is 3.38. The summed E-state index contributed by atoms with van der Waals surface area (Å²) in [4.78, 5) is 11.8. The molecule has 0 amide bonds. The molecule has 1 N–H and O–H groups in total. The van der Waals surface area contributed by atoms with E-state index in [4.69, 9.17) is 9.47 Å². The van der Waals surface area contributed by atoms with E-state index in [9.17, 15) is 4.79 Å². The third-order valence-corrected chi connectivity index (χ3v) is 3.38. The van der Waals surface area contributed by atoms with Crippen molar-refractivity contribution in [1.82, 2.24) is 5.32 Å². The quantitative estimate of drug-likeness (QED) is 0.749. The van der Waals surface area contributed by atoms with Crippen LogP contribution in [0.25, 0.3) is 0 Å². The summed E-state index contributed by atoms with van der Waals surface area (Å²) in [5.41, 5.74) is 1.21. The largest absolute Gasteiger partial charge is 0.497 e. The topological polar surface area (TPSA) is 47.6 Å². The molecule has 1 rings (SSSR count). The van der Waals surface area contributed by atoms with Crippen LogP contribution in [0.4, 0.5) is 0 Å². The van der Waals surface area contributed by atoms with Crippen LogP contribution in [0.3, 0.4) is 0 Å². The molecule has 21 heavy (non-hydrogen) atoms. The first-order chi connectivity index (χ1) is 9.96. The molecule has 0 saturated carbocycles. The van der Waals surface area contributed by atoms with Gasteiger partial charge in [-0.2, -0.15) is 0 Å². The third kappa shape index (κ3) is 6.17. The Bertz CT molecular complexity index is 428. The minimum Gasteiger partial charge on any atom is -0.497 e. The van der Waals surface area contributed by atoms with Gasteiger partial charge in [0.25, 0.3) is 0 Å². The summed E-state index contributed by atoms with van der Waals surface area (Å²) in [6, 6.07) is 7.95. The highest BCUT2D eigenvalue weighted by atomic mass is 16.5. The molecule has 0 aliphatic rings. The monoisotopic (exact) mass is 293 g/mol. The van der Waals surface area contributed by atoms with E-state index >= 15 is 0 Å². The van der Waals surface area contributed by atoms with Crippen molar-refractivity contribution in [3.8, 4) is 5.75 Å². The van der Waals surface area contributed by atoms with Crippen molar-refractivity contribution in [3.63, 3.8) is 0 Å². The number of nitrogens with one attached hydrogen (secondary N) is 1. The summed E-state index contributed by atoms with van der Waals surface area (Å²) in [7, 11) is 3.09. The number of methoxy groups -OCH3 is 2. The van der Waals surface area contributed by atoms with Gasteiger partial charge in [0.1, 0.15) is 11.8 Å². The van der Waals surface area contributed by atoms with Gasteiger partial charge in [-0.05, 0) is 43.4 Å². The van der Waals surface area contributed by atoms with Gasteiger partial charge in [0.15, 0.2) is 0 Å². The fraction of sp³-hybridized carbons (Fsp3) is 0.588. The fourth-order valence-corrected chi connectivity index (χ4v) is 2.36. The van der Waals surface area contributed by atoms with Crippen LogP contribution in [0.2, 0.25) is 0 Å². The molecule has 0 aliphatic carbocycles. The van der Waals surface area contributed by atoms with E-state index in [-0.39, 0.29) is 18.1 Å². The molecule has 4 heteroatoms. The lowest BCUT2D eigenvalue weighted by atomic mass is 10.0. The predicted octanol–water partition coefficient (Wildman–Crippen LogP) is 2.80. The Morgan fingerprint density at radius 1 is 1.14 bits per heavy atom.